The van der Waals surface area contributed by atoms with Crippen molar-refractivity contribution in [3.05, 3.63) is 72.9 Å². The van der Waals surface area contributed by atoms with Crippen LogP contribution in [0.25, 0.3) is 0 Å². The number of allylic oxidation sites excluding steroid dienone is 12. The summed E-state index contributed by atoms with van der Waals surface area (Å²) in [4.78, 5) is 38.3. The number of carbonyl (C=O) groups is 3. The molecule has 0 aromatic carbocycles. The Hall–Kier alpha value is -3.15. The second kappa shape index (κ2) is 67.4. The lowest BCUT2D eigenvalue weighted by Gasteiger charge is -2.18. The second-order valence-corrected chi connectivity index (χ2v) is 23.1. The maximum atomic E-state index is 12.9. The van der Waals surface area contributed by atoms with E-state index in [1.54, 1.807) is 0 Å². The number of unbranched alkanes of at least 4 members (excludes halogenated alkanes) is 40. The molecule has 458 valence electrons. The molecule has 79 heavy (non-hydrogen) atoms. The standard InChI is InChI=1S/C73H130O6/c1-4-7-10-13-16-19-22-24-26-28-29-30-31-32-33-34-35-36-37-38-39-40-41-42-43-45-46-48-51-54-57-60-63-66-72(75)78-69-70(68-77-71(74)65-62-59-56-53-50-21-18-15-12-9-6-3)79-73(76)67-64-61-58-55-52-49-47-44-27-25-23-20-17-14-11-8-5-2/h7,10,16,19,24-27,29-30,32-33,70H,4-6,8-9,11-15,17-18,20-23,28,31,34-69H2,1-3H3/b10-7-,19-16-,26-24-,27-25-,30-29-,33-32-. The van der Waals surface area contributed by atoms with Gasteiger partial charge in [0.1, 0.15) is 13.2 Å². The molecule has 0 bridgehead atoms. The van der Waals surface area contributed by atoms with Gasteiger partial charge in [0.25, 0.3) is 0 Å². The maximum absolute atomic E-state index is 12.9. The van der Waals surface area contributed by atoms with E-state index in [1.807, 2.05) is 0 Å². The lowest BCUT2D eigenvalue weighted by Crippen LogP contribution is -2.30. The minimum atomic E-state index is -0.774. The van der Waals surface area contributed by atoms with Crippen molar-refractivity contribution < 1.29 is 28.6 Å². The van der Waals surface area contributed by atoms with E-state index in [1.165, 1.54) is 225 Å². The highest BCUT2D eigenvalue weighted by Crippen LogP contribution is 2.18. The van der Waals surface area contributed by atoms with Gasteiger partial charge in [0, 0.05) is 19.3 Å². The summed E-state index contributed by atoms with van der Waals surface area (Å²) < 4.78 is 16.9. The molecule has 0 aromatic rings. The smallest absolute Gasteiger partial charge is 0.306 e. The summed E-state index contributed by atoms with van der Waals surface area (Å²) in [6.07, 6.45) is 87.9. The highest BCUT2D eigenvalue weighted by Gasteiger charge is 2.19. The van der Waals surface area contributed by atoms with Crippen molar-refractivity contribution in [1.29, 1.82) is 0 Å². The molecular weight excluding hydrogens is 973 g/mol. The van der Waals surface area contributed by atoms with Crippen molar-refractivity contribution in [3.8, 4) is 0 Å². The van der Waals surface area contributed by atoms with Crippen LogP contribution in [0.2, 0.25) is 0 Å². The molecule has 0 aliphatic heterocycles. The van der Waals surface area contributed by atoms with Crippen molar-refractivity contribution >= 4 is 17.9 Å². The van der Waals surface area contributed by atoms with Crippen molar-refractivity contribution in [3.63, 3.8) is 0 Å². The fourth-order valence-corrected chi connectivity index (χ4v) is 10.1. The van der Waals surface area contributed by atoms with Crippen LogP contribution < -0.4 is 0 Å². The lowest BCUT2D eigenvalue weighted by molar-refractivity contribution is -0.167. The molecule has 0 aromatic heterocycles. The Balaban J connectivity index is 4.12. The van der Waals surface area contributed by atoms with E-state index in [9.17, 15) is 14.4 Å². The fourth-order valence-electron chi connectivity index (χ4n) is 10.1. The van der Waals surface area contributed by atoms with Crippen LogP contribution in [0.15, 0.2) is 72.9 Å². The van der Waals surface area contributed by atoms with Gasteiger partial charge in [-0.1, -0.05) is 318 Å². The zero-order chi connectivity index (χ0) is 57.1. The van der Waals surface area contributed by atoms with Gasteiger partial charge in [-0.2, -0.15) is 0 Å². The molecule has 0 amide bonds. The zero-order valence-corrected chi connectivity index (χ0v) is 52.6. The third-order valence-corrected chi connectivity index (χ3v) is 15.2. The van der Waals surface area contributed by atoms with Crippen LogP contribution in [0, 0.1) is 0 Å². The van der Waals surface area contributed by atoms with Crippen LogP contribution in [0.4, 0.5) is 0 Å². The Morgan fingerprint density at radius 2 is 0.494 bits per heavy atom. The summed E-state index contributed by atoms with van der Waals surface area (Å²) in [6.45, 7) is 6.56. The summed E-state index contributed by atoms with van der Waals surface area (Å²) >= 11 is 0. The first-order valence-corrected chi connectivity index (χ1v) is 34.4. The highest BCUT2D eigenvalue weighted by molar-refractivity contribution is 5.71. The van der Waals surface area contributed by atoms with Gasteiger partial charge < -0.3 is 14.2 Å². The Labute approximate surface area is 491 Å². The summed E-state index contributed by atoms with van der Waals surface area (Å²) in [5.41, 5.74) is 0. The minimum absolute atomic E-state index is 0.0710. The van der Waals surface area contributed by atoms with Gasteiger partial charge in [-0.05, 0) is 89.9 Å². The Morgan fingerprint density at radius 1 is 0.266 bits per heavy atom. The van der Waals surface area contributed by atoms with E-state index in [0.717, 1.165) is 89.9 Å². The molecule has 0 rings (SSSR count). The number of rotatable bonds is 63. The Morgan fingerprint density at radius 3 is 0.785 bits per heavy atom. The van der Waals surface area contributed by atoms with Gasteiger partial charge >= 0.3 is 17.9 Å². The van der Waals surface area contributed by atoms with Gasteiger partial charge in [0.2, 0.25) is 0 Å². The topological polar surface area (TPSA) is 78.9 Å². The SMILES string of the molecule is CC/C=C\C/C=C\C/C=C\C/C=C\C/C=C\CCCCCCCCCCCCCCCCCCCC(=O)OCC(COC(=O)CCCCCCCCCCCCC)OC(=O)CCCCCCCCC/C=C\CCCCCCCC. The molecule has 6 heteroatoms. The third-order valence-electron chi connectivity index (χ3n) is 15.2. The molecule has 0 saturated heterocycles. The van der Waals surface area contributed by atoms with Gasteiger partial charge in [-0.3, -0.25) is 14.4 Å². The third kappa shape index (κ3) is 65.5. The van der Waals surface area contributed by atoms with Crippen molar-refractivity contribution in [2.45, 2.75) is 361 Å². The molecule has 0 heterocycles. The van der Waals surface area contributed by atoms with Gasteiger partial charge in [-0.15, -0.1) is 0 Å². The molecule has 1 unspecified atom stereocenters. The van der Waals surface area contributed by atoms with Gasteiger partial charge in [0.05, 0.1) is 0 Å². The molecule has 6 nitrogen and oxygen atoms in total. The van der Waals surface area contributed by atoms with E-state index in [-0.39, 0.29) is 31.1 Å². The minimum Gasteiger partial charge on any atom is -0.462 e. The zero-order valence-electron chi connectivity index (χ0n) is 52.6. The average molecular weight is 1100 g/mol. The Kier molecular flexibility index (Phi) is 64.7. The predicted octanol–water partition coefficient (Wildman–Crippen LogP) is 23.7. The molecule has 0 aliphatic carbocycles. The first-order valence-electron chi connectivity index (χ1n) is 34.4. The molecule has 0 aliphatic rings. The maximum Gasteiger partial charge on any atom is 0.306 e. The fraction of sp³-hybridized carbons (Fsp3) is 0.795. The van der Waals surface area contributed by atoms with E-state index >= 15 is 0 Å². The quantitative estimate of drug-likeness (QED) is 0.0261. The van der Waals surface area contributed by atoms with Gasteiger partial charge in [-0.25, -0.2) is 0 Å². The predicted molar refractivity (Wildman–Crippen MR) is 344 cm³/mol. The number of esters is 3. The van der Waals surface area contributed by atoms with Crippen LogP contribution in [0.1, 0.15) is 355 Å². The molecule has 1 atom stereocenters. The van der Waals surface area contributed by atoms with Crippen LogP contribution >= 0.6 is 0 Å². The van der Waals surface area contributed by atoms with Gasteiger partial charge in [0.15, 0.2) is 6.10 Å². The van der Waals surface area contributed by atoms with E-state index in [2.05, 4.69) is 93.7 Å². The van der Waals surface area contributed by atoms with E-state index in [0.29, 0.717) is 19.3 Å². The first kappa shape index (κ1) is 75.8. The van der Waals surface area contributed by atoms with Crippen LogP contribution in [0.3, 0.4) is 0 Å². The highest BCUT2D eigenvalue weighted by atomic mass is 16.6. The summed E-state index contributed by atoms with van der Waals surface area (Å²) in [6, 6.07) is 0. The number of ether oxygens (including phenoxy) is 3. The Bertz CT molecular complexity index is 1450. The van der Waals surface area contributed by atoms with E-state index in [4.69, 9.17) is 14.2 Å². The lowest BCUT2D eigenvalue weighted by atomic mass is 10.0. The number of hydrogen-bond acceptors (Lipinski definition) is 6. The molecule has 0 fully saturated rings. The molecule has 0 saturated carbocycles. The normalized spacial score (nSPS) is 12.5. The van der Waals surface area contributed by atoms with E-state index < -0.39 is 6.10 Å². The summed E-state index contributed by atoms with van der Waals surface area (Å²) in [5, 5.41) is 0. The monoisotopic (exact) mass is 1100 g/mol. The molecule has 0 spiro atoms. The molecule has 0 N–H and O–H groups in total. The molecular formula is C73H130O6. The van der Waals surface area contributed by atoms with Crippen molar-refractivity contribution in [2.75, 3.05) is 13.2 Å². The first-order chi connectivity index (χ1) is 39.0. The second-order valence-electron chi connectivity index (χ2n) is 23.1. The van der Waals surface area contributed by atoms with Crippen LogP contribution in [0.5, 0.6) is 0 Å². The van der Waals surface area contributed by atoms with Crippen molar-refractivity contribution in [2.24, 2.45) is 0 Å². The van der Waals surface area contributed by atoms with Crippen LogP contribution in [-0.4, -0.2) is 37.2 Å². The average Bonchev–Trinajstić information content (AvgIpc) is 3.45. The molecule has 0 radical (unpaired) electrons. The van der Waals surface area contributed by atoms with Crippen LogP contribution in [-0.2, 0) is 28.6 Å². The van der Waals surface area contributed by atoms with Crippen molar-refractivity contribution in [1.82, 2.24) is 0 Å². The summed E-state index contributed by atoms with van der Waals surface area (Å²) in [5.74, 6) is -0.856. The largest absolute Gasteiger partial charge is 0.462 e. The summed E-state index contributed by atoms with van der Waals surface area (Å²) in [7, 11) is 0. The number of carbonyl (C=O) groups excluding carboxylic acids is 3. The number of hydrogen-bond donors (Lipinski definition) is 0.